The van der Waals surface area contributed by atoms with Crippen LogP contribution in [-0.2, 0) is 16.0 Å². The third kappa shape index (κ3) is 4.60. The molecule has 2 bridgehead atoms. The van der Waals surface area contributed by atoms with Crippen LogP contribution in [0.15, 0.2) is 30.3 Å². The number of aliphatic hydroxyl groups excluding tert-OH is 1. The van der Waals surface area contributed by atoms with Gasteiger partial charge in [-0.1, -0.05) is 36.8 Å². The maximum Gasteiger partial charge on any atom is 0.232 e. The number of aliphatic hydroxyl groups is 1. The second-order valence-electron chi connectivity index (χ2n) is 7.47. The van der Waals surface area contributed by atoms with Crippen molar-refractivity contribution in [3.05, 3.63) is 42.3 Å². The van der Waals surface area contributed by atoms with E-state index >= 15 is 0 Å². The van der Waals surface area contributed by atoms with Crippen LogP contribution in [0.3, 0.4) is 0 Å². The summed E-state index contributed by atoms with van der Waals surface area (Å²) in [5.41, 5.74) is 6.49. The first kappa shape index (κ1) is 17.9. The quantitative estimate of drug-likeness (QED) is 0.626. The zero-order chi connectivity index (χ0) is 17.8. The van der Waals surface area contributed by atoms with Gasteiger partial charge in [-0.2, -0.15) is 0 Å². The molecule has 2 unspecified atom stereocenters. The molecule has 0 aromatic heterocycles. The van der Waals surface area contributed by atoms with E-state index in [1.807, 2.05) is 30.3 Å². The predicted molar refractivity (Wildman–Crippen MR) is 95.1 cm³/mol. The smallest absolute Gasteiger partial charge is 0.232 e. The van der Waals surface area contributed by atoms with Gasteiger partial charge in [0.1, 0.15) is 5.92 Å². The topological polar surface area (TPSA) is 92.4 Å². The molecule has 1 radical (unpaired) electrons. The van der Waals surface area contributed by atoms with Crippen molar-refractivity contribution in [3.8, 4) is 0 Å². The van der Waals surface area contributed by atoms with Crippen molar-refractivity contribution < 1.29 is 14.7 Å². The normalized spacial score (nSPS) is 27.0. The molecule has 5 atom stereocenters. The second-order valence-corrected chi connectivity index (χ2v) is 7.47. The van der Waals surface area contributed by atoms with E-state index in [9.17, 15) is 14.7 Å². The summed E-state index contributed by atoms with van der Waals surface area (Å²) >= 11 is 0. The highest BCUT2D eigenvalue weighted by Gasteiger charge is 2.41. The molecule has 0 heterocycles. The lowest BCUT2D eigenvalue weighted by atomic mass is 9.92. The number of carbonyl (C=O) groups excluding carboxylic acids is 2. The number of nitrogens with one attached hydrogen (secondary N) is 1. The van der Waals surface area contributed by atoms with Crippen LogP contribution < -0.4 is 11.1 Å². The fourth-order valence-electron chi connectivity index (χ4n) is 4.28. The molecule has 25 heavy (non-hydrogen) atoms. The highest BCUT2D eigenvalue weighted by molar-refractivity contribution is 5.99. The molecule has 2 saturated carbocycles. The molecular weight excluding hydrogens is 316 g/mol. The summed E-state index contributed by atoms with van der Waals surface area (Å²) in [6.07, 6.45) is 6.09. The van der Waals surface area contributed by atoms with E-state index in [2.05, 4.69) is 5.32 Å². The van der Waals surface area contributed by atoms with Gasteiger partial charge in [-0.25, -0.2) is 0 Å². The van der Waals surface area contributed by atoms with E-state index in [-0.39, 0.29) is 18.4 Å². The summed E-state index contributed by atoms with van der Waals surface area (Å²) in [6, 6.07) is 9.91. The fourth-order valence-corrected chi connectivity index (χ4v) is 4.28. The van der Waals surface area contributed by atoms with E-state index in [0.717, 1.165) is 18.4 Å². The Morgan fingerprint density at radius 3 is 2.60 bits per heavy atom. The van der Waals surface area contributed by atoms with Crippen molar-refractivity contribution in [1.82, 2.24) is 5.32 Å². The van der Waals surface area contributed by atoms with Crippen molar-refractivity contribution in [2.75, 3.05) is 0 Å². The molecule has 3 rings (SSSR count). The molecule has 4 N–H and O–H groups in total. The summed E-state index contributed by atoms with van der Waals surface area (Å²) in [5.74, 6) is -0.740. The number of nitrogens with two attached hydrogens (primary N) is 1. The third-order valence-electron chi connectivity index (χ3n) is 5.67. The average molecular weight is 343 g/mol. The minimum Gasteiger partial charge on any atom is -0.393 e. The largest absolute Gasteiger partial charge is 0.393 e. The first-order chi connectivity index (χ1) is 12.0. The second kappa shape index (κ2) is 8.00. The SMILES string of the molecule is NC(=O)[C@@H](C[C@@H](O)[CH]Cc1ccccc1)C(=O)NC1CC2CC[C@H]1C2. The van der Waals surface area contributed by atoms with E-state index in [1.54, 1.807) is 6.42 Å². The van der Waals surface area contributed by atoms with Crippen LogP contribution in [0.1, 0.15) is 37.7 Å². The molecule has 2 amide bonds. The molecule has 1 aromatic rings. The van der Waals surface area contributed by atoms with Gasteiger partial charge in [0.05, 0.1) is 6.10 Å². The fraction of sp³-hybridized carbons (Fsp3) is 0.550. The zero-order valence-electron chi connectivity index (χ0n) is 14.4. The molecule has 2 fully saturated rings. The first-order valence-corrected chi connectivity index (χ1v) is 9.18. The van der Waals surface area contributed by atoms with Gasteiger partial charge in [0, 0.05) is 6.04 Å². The van der Waals surface area contributed by atoms with Gasteiger partial charge in [0.25, 0.3) is 0 Å². The standard InChI is InChI=1S/C20H27N2O3/c21-19(24)17(12-16(23)9-7-13-4-2-1-3-5-13)20(25)22-18-11-14-6-8-15(18)10-14/h1-5,9,14-18,23H,6-8,10-12H2,(H2,21,24)(H,22,25)/t14?,15-,16-,17+,18?/m0/s1. The van der Waals surface area contributed by atoms with E-state index in [0.29, 0.717) is 18.3 Å². The lowest BCUT2D eigenvalue weighted by Gasteiger charge is -2.25. The minimum absolute atomic E-state index is 0.0365. The number of benzene rings is 1. The van der Waals surface area contributed by atoms with Gasteiger partial charge in [0.2, 0.25) is 11.8 Å². The Labute approximate surface area is 149 Å². The molecule has 5 nitrogen and oxygen atoms in total. The number of rotatable bonds is 8. The van der Waals surface area contributed by atoms with Gasteiger partial charge in [-0.15, -0.1) is 0 Å². The van der Waals surface area contributed by atoms with Crippen LogP contribution in [0.25, 0.3) is 0 Å². The van der Waals surface area contributed by atoms with Crippen LogP contribution in [0.5, 0.6) is 0 Å². The third-order valence-corrected chi connectivity index (χ3v) is 5.67. The van der Waals surface area contributed by atoms with E-state index < -0.39 is 17.9 Å². The van der Waals surface area contributed by atoms with E-state index in [1.165, 1.54) is 12.8 Å². The molecule has 0 spiro atoms. The monoisotopic (exact) mass is 343 g/mol. The van der Waals surface area contributed by atoms with Crippen molar-refractivity contribution in [2.45, 2.75) is 50.7 Å². The molecule has 1 aromatic carbocycles. The number of fused-ring (bicyclic) bond motifs is 2. The Bertz CT molecular complexity index is 604. The number of carbonyl (C=O) groups is 2. The van der Waals surface area contributed by atoms with Crippen LogP contribution in [-0.4, -0.2) is 29.1 Å². The predicted octanol–water partition coefficient (Wildman–Crippen LogP) is 1.59. The lowest BCUT2D eigenvalue weighted by Crippen LogP contribution is -2.46. The Morgan fingerprint density at radius 1 is 1.24 bits per heavy atom. The maximum absolute atomic E-state index is 12.5. The maximum atomic E-state index is 12.5. The van der Waals surface area contributed by atoms with Crippen molar-refractivity contribution in [1.29, 1.82) is 0 Å². The Kier molecular flexibility index (Phi) is 5.74. The van der Waals surface area contributed by atoms with Crippen LogP contribution >= 0.6 is 0 Å². The summed E-state index contributed by atoms with van der Waals surface area (Å²) in [4.78, 5) is 24.2. The zero-order valence-corrected chi connectivity index (χ0v) is 14.4. The number of hydrogen-bond acceptors (Lipinski definition) is 3. The highest BCUT2D eigenvalue weighted by Crippen LogP contribution is 2.44. The summed E-state index contributed by atoms with van der Waals surface area (Å²) in [5, 5.41) is 13.2. The van der Waals surface area contributed by atoms with Crippen molar-refractivity contribution >= 4 is 11.8 Å². The van der Waals surface area contributed by atoms with Crippen LogP contribution in [0.2, 0.25) is 0 Å². The van der Waals surface area contributed by atoms with Crippen LogP contribution in [0.4, 0.5) is 0 Å². The Balaban J connectivity index is 1.49. The van der Waals surface area contributed by atoms with Gasteiger partial charge in [-0.3, -0.25) is 9.59 Å². The van der Waals surface area contributed by atoms with Gasteiger partial charge in [-0.05, 0) is 55.9 Å². The van der Waals surface area contributed by atoms with Crippen molar-refractivity contribution in [2.24, 2.45) is 23.5 Å². The minimum atomic E-state index is -0.985. The molecular formula is C20H27N2O3. The molecule has 135 valence electrons. The molecule has 0 aliphatic heterocycles. The number of amides is 2. The summed E-state index contributed by atoms with van der Waals surface area (Å²) in [7, 11) is 0. The lowest BCUT2D eigenvalue weighted by molar-refractivity contribution is -0.135. The first-order valence-electron chi connectivity index (χ1n) is 9.18. The molecule has 2 aliphatic carbocycles. The van der Waals surface area contributed by atoms with E-state index in [4.69, 9.17) is 5.73 Å². The number of primary amides is 1. The highest BCUT2D eigenvalue weighted by atomic mass is 16.3. The average Bonchev–Trinajstić information content (AvgIpc) is 3.21. The van der Waals surface area contributed by atoms with Gasteiger partial charge >= 0.3 is 0 Å². The van der Waals surface area contributed by atoms with Crippen molar-refractivity contribution in [3.63, 3.8) is 0 Å². The molecule has 5 heteroatoms. The molecule has 0 saturated heterocycles. The van der Waals surface area contributed by atoms with Gasteiger partial charge < -0.3 is 16.2 Å². The Morgan fingerprint density at radius 2 is 2.00 bits per heavy atom. The van der Waals surface area contributed by atoms with Crippen LogP contribution in [0, 0.1) is 24.2 Å². The Hall–Kier alpha value is -1.88. The summed E-state index contributed by atoms with van der Waals surface area (Å²) < 4.78 is 0. The summed E-state index contributed by atoms with van der Waals surface area (Å²) in [6.45, 7) is 0. The number of hydrogen-bond donors (Lipinski definition) is 3. The molecule has 2 aliphatic rings. The van der Waals surface area contributed by atoms with Gasteiger partial charge in [0.15, 0.2) is 0 Å².